The van der Waals surface area contributed by atoms with Gasteiger partial charge in [-0.1, -0.05) is 0 Å². The molecular weight excluding hydrogens is 298 g/mol. The van der Waals surface area contributed by atoms with Crippen molar-refractivity contribution in [1.82, 2.24) is 13.5 Å². The van der Waals surface area contributed by atoms with Crippen LogP contribution in [0.25, 0.3) is 0 Å². The molecule has 7 heteroatoms. The minimum Gasteiger partial charge on any atom is -0.302 e. The Balaban J connectivity index is 1.87. The predicted octanol–water partition coefficient (Wildman–Crippen LogP) is 1.21. The van der Waals surface area contributed by atoms with Crippen LogP contribution in [0.1, 0.15) is 25.7 Å². The zero-order valence-electron chi connectivity index (χ0n) is 12.3. The molecule has 2 heterocycles. The Morgan fingerprint density at radius 1 is 1.20 bits per heavy atom. The van der Waals surface area contributed by atoms with Gasteiger partial charge in [-0.05, 0) is 44.7 Å². The number of hydrogen-bond donors (Lipinski definition) is 0. The first-order valence-electron chi connectivity index (χ1n) is 7.54. The normalized spacial score (nSPS) is 26.4. The standard InChI is InChI=1S/C13H26ClN3O2S/c1-15(9-10-16-6-2-3-7-16)20(18,19)17-8-4-5-13(11-14)12-17/h13H,2-12H2,1H3. The predicted molar refractivity (Wildman–Crippen MR) is 82.2 cm³/mol. The molecule has 2 aliphatic heterocycles. The molecule has 0 spiro atoms. The first-order chi connectivity index (χ1) is 9.54. The van der Waals surface area contributed by atoms with Gasteiger partial charge in [-0.15, -0.1) is 11.6 Å². The van der Waals surface area contributed by atoms with Crippen molar-refractivity contribution in [3.8, 4) is 0 Å². The summed E-state index contributed by atoms with van der Waals surface area (Å²) < 4.78 is 28.2. The molecule has 0 saturated carbocycles. The Kier molecular flexibility index (Phi) is 6.10. The maximum absolute atomic E-state index is 12.5. The van der Waals surface area contributed by atoms with Gasteiger partial charge >= 0.3 is 0 Å². The van der Waals surface area contributed by atoms with Crippen LogP contribution < -0.4 is 0 Å². The van der Waals surface area contributed by atoms with Crippen molar-refractivity contribution < 1.29 is 8.42 Å². The highest BCUT2D eigenvalue weighted by Gasteiger charge is 2.31. The zero-order valence-corrected chi connectivity index (χ0v) is 13.9. The van der Waals surface area contributed by atoms with Gasteiger partial charge in [0.1, 0.15) is 0 Å². The van der Waals surface area contributed by atoms with Crippen LogP contribution in [0.4, 0.5) is 0 Å². The lowest BCUT2D eigenvalue weighted by molar-refractivity contribution is 0.256. The SMILES string of the molecule is CN(CCN1CCCC1)S(=O)(=O)N1CCCC(CCl)C1. The molecule has 20 heavy (non-hydrogen) atoms. The number of nitrogens with zero attached hydrogens (tertiary/aromatic N) is 3. The van der Waals surface area contributed by atoms with Crippen molar-refractivity contribution in [2.24, 2.45) is 5.92 Å². The maximum atomic E-state index is 12.5. The minimum absolute atomic E-state index is 0.298. The van der Waals surface area contributed by atoms with Crippen molar-refractivity contribution in [3.63, 3.8) is 0 Å². The number of likely N-dealkylation sites (tertiary alicyclic amines) is 1. The third-order valence-electron chi connectivity index (χ3n) is 4.35. The highest BCUT2D eigenvalue weighted by Crippen LogP contribution is 2.21. The van der Waals surface area contributed by atoms with Gasteiger partial charge in [0, 0.05) is 39.1 Å². The number of piperidine rings is 1. The molecule has 5 nitrogen and oxygen atoms in total. The molecule has 0 aromatic heterocycles. The highest BCUT2D eigenvalue weighted by atomic mass is 35.5. The van der Waals surface area contributed by atoms with Crippen LogP contribution in [0, 0.1) is 5.92 Å². The van der Waals surface area contributed by atoms with Crippen LogP contribution in [-0.2, 0) is 10.2 Å². The van der Waals surface area contributed by atoms with E-state index >= 15 is 0 Å². The van der Waals surface area contributed by atoms with E-state index in [4.69, 9.17) is 11.6 Å². The van der Waals surface area contributed by atoms with Crippen LogP contribution in [0.5, 0.6) is 0 Å². The van der Waals surface area contributed by atoms with Crippen LogP contribution >= 0.6 is 11.6 Å². The summed E-state index contributed by atoms with van der Waals surface area (Å²) in [6.45, 7) is 4.81. The summed E-state index contributed by atoms with van der Waals surface area (Å²) in [4.78, 5) is 2.34. The van der Waals surface area contributed by atoms with E-state index in [1.54, 1.807) is 11.4 Å². The topological polar surface area (TPSA) is 43.9 Å². The molecule has 1 atom stereocenters. The Hall–Kier alpha value is 0.120. The third-order valence-corrected chi connectivity index (χ3v) is 6.74. The van der Waals surface area contributed by atoms with E-state index in [0.29, 0.717) is 31.4 Å². The lowest BCUT2D eigenvalue weighted by Gasteiger charge is -2.34. The molecule has 0 aliphatic carbocycles. The number of alkyl halides is 1. The first kappa shape index (κ1) is 16.5. The Bertz CT molecular complexity index is 398. The minimum atomic E-state index is -3.32. The highest BCUT2D eigenvalue weighted by molar-refractivity contribution is 7.86. The van der Waals surface area contributed by atoms with Gasteiger partial charge in [0.15, 0.2) is 0 Å². The Labute approximate surface area is 128 Å². The van der Waals surface area contributed by atoms with Gasteiger partial charge in [0.05, 0.1) is 0 Å². The molecule has 0 bridgehead atoms. The molecule has 2 rings (SSSR count). The lowest BCUT2D eigenvalue weighted by Crippen LogP contribution is -2.48. The molecule has 0 aromatic carbocycles. The summed E-state index contributed by atoms with van der Waals surface area (Å²) in [6, 6.07) is 0. The van der Waals surface area contributed by atoms with E-state index in [2.05, 4.69) is 4.90 Å². The molecule has 0 aromatic rings. The molecule has 2 aliphatic rings. The molecule has 2 saturated heterocycles. The van der Waals surface area contributed by atoms with E-state index in [9.17, 15) is 8.42 Å². The van der Waals surface area contributed by atoms with Crippen LogP contribution in [0.2, 0.25) is 0 Å². The fourth-order valence-electron chi connectivity index (χ4n) is 2.96. The second-order valence-electron chi connectivity index (χ2n) is 5.90. The second-order valence-corrected chi connectivity index (χ2v) is 8.24. The van der Waals surface area contributed by atoms with Gasteiger partial charge in [-0.25, -0.2) is 0 Å². The number of rotatable bonds is 6. The largest absolute Gasteiger partial charge is 0.302 e. The molecule has 0 amide bonds. The second kappa shape index (κ2) is 7.40. The van der Waals surface area contributed by atoms with E-state index in [0.717, 1.165) is 32.5 Å². The average molecular weight is 324 g/mol. The van der Waals surface area contributed by atoms with Crippen LogP contribution in [0.3, 0.4) is 0 Å². The maximum Gasteiger partial charge on any atom is 0.281 e. The Morgan fingerprint density at radius 3 is 2.55 bits per heavy atom. The van der Waals surface area contributed by atoms with Crippen molar-refractivity contribution in [2.75, 3.05) is 52.2 Å². The van der Waals surface area contributed by atoms with Gasteiger partial charge in [0.2, 0.25) is 0 Å². The lowest BCUT2D eigenvalue weighted by atomic mass is 10.0. The third kappa shape index (κ3) is 4.07. The number of halogens is 1. The Morgan fingerprint density at radius 2 is 1.90 bits per heavy atom. The fraction of sp³-hybridized carbons (Fsp3) is 1.00. The summed E-state index contributed by atoms with van der Waals surface area (Å²) in [7, 11) is -1.63. The molecule has 0 N–H and O–H groups in total. The molecular formula is C13H26ClN3O2S. The zero-order chi connectivity index (χ0) is 14.6. The van der Waals surface area contributed by atoms with Crippen LogP contribution in [0.15, 0.2) is 0 Å². The fourth-order valence-corrected chi connectivity index (χ4v) is 4.68. The number of hydrogen-bond acceptors (Lipinski definition) is 3. The van der Waals surface area contributed by atoms with Gasteiger partial charge in [-0.2, -0.15) is 17.0 Å². The summed E-state index contributed by atoms with van der Waals surface area (Å²) in [5, 5.41) is 0. The molecule has 1 unspecified atom stereocenters. The van der Waals surface area contributed by atoms with Gasteiger partial charge in [-0.3, -0.25) is 0 Å². The van der Waals surface area contributed by atoms with Crippen molar-refractivity contribution in [2.45, 2.75) is 25.7 Å². The van der Waals surface area contributed by atoms with E-state index in [-0.39, 0.29) is 0 Å². The monoisotopic (exact) mass is 323 g/mol. The summed E-state index contributed by atoms with van der Waals surface area (Å²) in [5.41, 5.74) is 0. The smallest absolute Gasteiger partial charge is 0.281 e. The van der Waals surface area contributed by atoms with Crippen molar-refractivity contribution in [3.05, 3.63) is 0 Å². The van der Waals surface area contributed by atoms with Gasteiger partial charge < -0.3 is 4.90 Å². The summed E-state index contributed by atoms with van der Waals surface area (Å²) in [6.07, 6.45) is 4.42. The quantitative estimate of drug-likeness (QED) is 0.690. The van der Waals surface area contributed by atoms with Crippen molar-refractivity contribution >= 4 is 21.8 Å². The molecule has 118 valence electrons. The van der Waals surface area contributed by atoms with Crippen molar-refractivity contribution in [1.29, 1.82) is 0 Å². The van der Waals surface area contributed by atoms with E-state index in [1.807, 2.05) is 0 Å². The van der Waals surface area contributed by atoms with E-state index in [1.165, 1.54) is 17.1 Å². The molecule has 0 radical (unpaired) electrons. The van der Waals surface area contributed by atoms with Crippen LogP contribution in [-0.4, -0.2) is 74.1 Å². The van der Waals surface area contributed by atoms with E-state index < -0.39 is 10.2 Å². The number of likely N-dealkylation sites (N-methyl/N-ethyl adjacent to an activating group) is 1. The summed E-state index contributed by atoms with van der Waals surface area (Å²) >= 11 is 5.88. The first-order valence-corrected chi connectivity index (χ1v) is 9.47. The summed E-state index contributed by atoms with van der Waals surface area (Å²) in [5.74, 6) is 0.843. The average Bonchev–Trinajstić information content (AvgIpc) is 2.98. The van der Waals surface area contributed by atoms with Gasteiger partial charge in [0.25, 0.3) is 10.2 Å². The molecule has 2 fully saturated rings.